The van der Waals surface area contributed by atoms with Gasteiger partial charge in [0.15, 0.2) is 0 Å². The van der Waals surface area contributed by atoms with E-state index < -0.39 is 5.60 Å². The first kappa shape index (κ1) is 18.7. The quantitative estimate of drug-likeness (QED) is 0.641. The SMILES string of the molecule is CC(C)(C)OC(=O)CNCCc1ccc(C2CCC(=O)CC2)cc1. The Balaban J connectivity index is 1.70. The molecule has 0 saturated heterocycles. The molecular formula is C20H29NO3. The van der Waals surface area contributed by atoms with E-state index in [9.17, 15) is 9.59 Å². The van der Waals surface area contributed by atoms with Crippen molar-refractivity contribution in [3.8, 4) is 0 Å². The van der Waals surface area contributed by atoms with E-state index in [2.05, 4.69) is 29.6 Å². The highest BCUT2D eigenvalue weighted by molar-refractivity contribution is 5.79. The summed E-state index contributed by atoms with van der Waals surface area (Å²) in [5.41, 5.74) is 2.16. The molecule has 0 radical (unpaired) electrons. The number of carbonyl (C=O) groups excluding carboxylic acids is 2. The number of ether oxygens (including phenoxy) is 1. The fraction of sp³-hybridized carbons (Fsp3) is 0.600. The number of hydrogen-bond donors (Lipinski definition) is 1. The zero-order chi connectivity index (χ0) is 17.6. The van der Waals surface area contributed by atoms with E-state index >= 15 is 0 Å². The third-order valence-electron chi connectivity index (χ3n) is 4.27. The number of Topliss-reactive ketones (excluding diaryl/α,β-unsaturated/α-hetero) is 1. The molecule has 1 fully saturated rings. The second-order valence-electron chi connectivity index (χ2n) is 7.57. The Kier molecular flexibility index (Phi) is 6.55. The van der Waals surface area contributed by atoms with Crippen molar-refractivity contribution >= 4 is 11.8 Å². The van der Waals surface area contributed by atoms with Crippen molar-refractivity contribution < 1.29 is 14.3 Å². The Morgan fingerprint density at radius 3 is 2.38 bits per heavy atom. The summed E-state index contributed by atoms with van der Waals surface area (Å²) < 4.78 is 5.26. The van der Waals surface area contributed by atoms with Gasteiger partial charge < -0.3 is 10.1 Å². The van der Waals surface area contributed by atoms with Gasteiger partial charge in [-0.05, 0) is 63.6 Å². The molecule has 1 N–H and O–H groups in total. The molecule has 0 atom stereocenters. The highest BCUT2D eigenvalue weighted by atomic mass is 16.6. The maximum Gasteiger partial charge on any atom is 0.320 e. The van der Waals surface area contributed by atoms with Gasteiger partial charge in [-0.3, -0.25) is 9.59 Å². The lowest BCUT2D eigenvalue weighted by atomic mass is 9.83. The fourth-order valence-corrected chi connectivity index (χ4v) is 3.03. The number of ketones is 1. The van der Waals surface area contributed by atoms with Crippen LogP contribution in [0.25, 0.3) is 0 Å². The molecule has 1 aromatic carbocycles. The first-order valence-corrected chi connectivity index (χ1v) is 8.86. The topological polar surface area (TPSA) is 55.4 Å². The molecule has 4 nitrogen and oxygen atoms in total. The molecule has 0 amide bonds. The maximum absolute atomic E-state index is 11.6. The number of esters is 1. The second kappa shape index (κ2) is 8.43. The average molecular weight is 331 g/mol. The van der Waals surface area contributed by atoms with Crippen LogP contribution in [-0.2, 0) is 20.7 Å². The molecule has 132 valence electrons. The first-order chi connectivity index (χ1) is 11.3. The van der Waals surface area contributed by atoms with Crippen molar-refractivity contribution in [2.24, 2.45) is 0 Å². The summed E-state index contributed by atoms with van der Waals surface area (Å²) in [6.07, 6.45) is 4.29. The lowest BCUT2D eigenvalue weighted by Crippen LogP contribution is -2.32. The number of hydrogen-bond acceptors (Lipinski definition) is 4. The fourth-order valence-electron chi connectivity index (χ4n) is 3.03. The van der Waals surface area contributed by atoms with Gasteiger partial charge in [-0.2, -0.15) is 0 Å². The van der Waals surface area contributed by atoms with Gasteiger partial charge >= 0.3 is 5.97 Å². The minimum Gasteiger partial charge on any atom is -0.459 e. The van der Waals surface area contributed by atoms with E-state index in [-0.39, 0.29) is 12.5 Å². The van der Waals surface area contributed by atoms with Gasteiger partial charge in [-0.15, -0.1) is 0 Å². The van der Waals surface area contributed by atoms with Crippen molar-refractivity contribution in [2.75, 3.05) is 13.1 Å². The molecule has 0 spiro atoms. The molecule has 1 aromatic rings. The number of benzene rings is 1. The third-order valence-corrected chi connectivity index (χ3v) is 4.27. The first-order valence-electron chi connectivity index (χ1n) is 8.86. The number of nitrogens with one attached hydrogen (secondary N) is 1. The van der Waals surface area contributed by atoms with Crippen LogP contribution in [0.5, 0.6) is 0 Å². The second-order valence-corrected chi connectivity index (χ2v) is 7.57. The van der Waals surface area contributed by atoms with Crippen LogP contribution in [-0.4, -0.2) is 30.4 Å². The van der Waals surface area contributed by atoms with Crippen LogP contribution in [0.1, 0.15) is 63.5 Å². The van der Waals surface area contributed by atoms with Gasteiger partial charge in [-0.25, -0.2) is 0 Å². The zero-order valence-electron chi connectivity index (χ0n) is 15.1. The highest BCUT2D eigenvalue weighted by Crippen LogP contribution is 2.31. The van der Waals surface area contributed by atoms with Gasteiger partial charge in [0.2, 0.25) is 0 Å². The third kappa shape index (κ3) is 6.44. The van der Waals surface area contributed by atoms with Crippen LogP contribution in [0, 0.1) is 0 Å². The summed E-state index contributed by atoms with van der Waals surface area (Å²) in [4.78, 5) is 22.9. The highest BCUT2D eigenvalue weighted by Gasteiger charge is 2.20. The van der Waals surface area contributed by atoms with E-state index in [1.165, 1.54) is 11.1 Å². The Labute approximate surface area is 145 Å². The standard InChI is InChI=1S/C20H29NO3/c1-20(2,3)24-19(23)14-21-13-12-15-4-6-16(7-5-15)17-8-10-18(22)11-9-17/h4-7,17,21H,8-14H2,1-3H3. The van der Waals surface area contributed by atoms with E-state index in [0.717, 1.165) is 38.6 Å². The monoisotopic (exact) mass is 331 g/mol. The average Bonchev–Trinajstić information content (AvgIpc) is 2.51. The van der Waals surface area contributed by atoms with Crippen LogP contribution in [0.15, 0.2) is 24.3 Å². The Hall–Kier alpha value is -1.68. The van der Waals surface area contributed by atoms with Crippen LogP contribution in [0.2, 0.25) is 0 Å². The molecule has 24 heavy (non-hydrogen) atoms. The Morgan fingerprint density at radius 1 is 1.17 bits per heavy atom. The van der Waals surface area contributed by atoms with Crippen LogP contribution < -0.4 is 5.32 Å². The van der Waals surface area contributed by atoms with E-state index in [1.807, 2.05) is 20.8 Å². The van der Waals surface area contributed by atoms with Crippen LogP contribution in [0.4, 0.5) is 0 Å². The van der Waals surface area contributed by atoms with Gasteiger partial charge in [0, 0.05) is 12.8 Å². The summed E-state index contributed by atoms with van der Waals surface area (Å²) in [5.74, 6) is 0.714. The van der Waals surface area contributed by atoms with Crippen molar-refractivity contribution in [3.05, 3.63) is 35.4 Å². The predicted molar refractivity (Wildman–Crippen MR) is 95.1 cm³/mol. The smallest absolute Gasteiger partial charge is 0.320 e. The van der Waals surface area contributed by atoms with Gasteiger partial charge in [-0.1, -0.05) is 24.3 Å². The van der Waals surface area contributed by atoms with E-state index in [4.69, 9.17) is 4.74 Å². The molecule has 1 aliphatic carbocycles. The summed E-state index contributed by atoms with van der Waals surface area (Å²) in [5, 5.41) is 3.13. The molecule has 2 rings (SSSR count). The Bertz CT molecular complexity index is 547. The number of rotatable bonds is 6. The molecule has 1 saturated carbocycles. The molecule has 0 heterocycles. The predicted octanol–water partition coefficient (Wildman–Crippen LogP) is 3.39. The molecular weight excluding hydrogens is 302 g/mol. The zero-order valence-corrected chi connectivity index (χ0v) is 15.1. The normalized spacial score (nSPS) is 16.2. The molecule has 1 aliphatic rings. The van der Waals surface area contributed by atoms with Gasteiger partial charge in [0.25, 0.3) is 0 Å². The van der Waals surface area contributed by atoms with Crippen molar-refractivity contribution in [3.63, 3.8) is 0 Å². The van der Waals surface area contributed by atoms with Crippen molar-refractivity contribution in [2.45, 2.75) is 64.4 Å². The lowest BCUT2D eigenvalue weighted by molar-refractivity contribution is -0.153. The van der Waals surface area contributed by atoms with Crippen LogP contribution >= 0.6 is 0 Å². The lowest BCUT2D eigenvalue weighted by Gasteiger charge is -2.21. The Morgan fingerprint density at radius 2 is 1.79 bits per heavy atom. The molecule has 0 aliphatic heterocycles. The summed E-state index contributed by atoms with van der Waals surface area (Å²) in [6.45, 7) is 6.60. The largest absolute Gasteiger partial charge is 0.459 e. The minimum atomic E-state index is -0.432. The van der Waals surface area contributed by atoms with E-state index in [0.29, 0.717) is 11.7 Å². The summed E-state index contributed by atoms with van der Waals surface area (Å²) in [7, 11) is 0. The minimum absolute atomic E-state index is 0.218. The molecule has 0 bridgehead atoms. The number of carbonyl (C=O) groups is 2. The summed E-state index contributed by atoms with van der Waals surface area (Å²) >= 11 is 0. The van der Waals surface area contributed by atoms with Crippen molar-refractivity contribution in [1.82, 2.24) is 5.32 Å². The summed E-state index contributed by atoms with van der Waals surface area (Å²) in [6, 6.07) is 8.68. The van der Waals surface area contributed by atoms with E-state index in [1.54, 1.807) is 0 Å². The molecule has 4 heteroatoms. The molecule has 0 unspecified atom stereocenters. The van der Waals surface area contributed by atoms with Crippen molar-refractivity contribution in [1.29, 1.82) is 0 Å². The molecule has 0 aromatic heterocycles. The van der Waals surface area contributed by atoms with Gasteiger partial charge in [0.05, 0.1) is 6.54 Å². The van der Waals surface area contributed by atoms with Gasteiger partial charge in [0.1, 0.15) is 11.4 Å². The maximum atomic E-state index is 11.6. The van der Waals surface area contributed by atoms with Crippen LogP contribution in [0.3, 0.4) is 0 Å².